The first-order chi connectivity index (χ1) is 7.87. The first kappa shape index (κ1) is 12.2. The zero-order chi connectivity index (χ0) is 12.6. The van der Waals surface area contributed by atoms with E-state index < -0.39 is 5.97 Å². The highest BCUT2D eigenvalue weighted by molar-refractivity contribution is 5.69. The van der Waals surface area contributed by atoms with E-state index in [1.165, 1.54) is 11.1 Å². The molecule has 0 heterocycles. The molecular weight excluding hydrogens is 212 g/mol. The van der Waals surface area contributed by atoms with Gasteiger partial charge in [-0.25, -0.2) is 0 Å². The molecule has 1 aromatic rings. The van der Waals surface area contributed by atoms with Gasteiger partial charge in [-0.05, 0) is 41.4 Å². The first-order valence-corrected chi connectivity index (χ1v) is 6.21. The molecule has 2 nitrogen and oxygen atoms in total. The molecule has 1 aliphatic carbocycles. The largest absolute Gasteiger partial charge is 0.481 e. The topological polar surface area (TPSA) is 37.3 Å². The number of fused-ring (bicyclic) bond motifs is 1. The van der Waals surface area contributed by atoms with Crippen LogP contribution < -0.4 is 0 Å². The van der Waals surface area contributed by atoms with Crippen LogP contribution in [0.1, 0.15) is 37.5 Å². The molecule has 0 saturated carbocycles. The fourth-order valence-electron chi connectivity index (χ4n) is 2.68. The molecule has 17 heavy (non-hydrogen) atoms. The van der Waals surface area contributed by atoms with Crippen molar-refractivity contribution in [3.63, 3.8) is 0 Å². The molecule has 0 aromatic heterocycles. The summed E-state index contributed by atoms with van der Waals surface area (Å²) in [5.41, 5.74) is 4.35. The Balaban J connectivity index is 2.16. The Morgan fingerprint density at radius 1 is 1.35 bits per heavy atom. The third-order valence-electron chi connectivity index (χ3n) is 3.57. The lowest BCUT2D eigenvalue weighted by Crippen LogP contribution is -2.12. The Kier molecular flexibility index (Phi) is 2.98. The van der Waals surface area contributed by atoms with E-state index in [2.05, 4.69) is 32.0 Å². The van der Waals surface area contributed by atoms with E-state index in [0.29, 0.717) is 11.8 Å². The molecule has 0 spiro atoms. The van der Waals surface area contributed by atoms with Crippen LogP contribution in [-0.2, 0) is 24.1 Å². The number of aliphatic carboxylic acids is 1. The number of rotatable bonds is 3. The zero-order valence-corrected chi connectivity index (χ0v) is 10.8. The summed E-state index contributed by atoms with van der Waals surface area (Å²) in [6.45, 7) is 6.33. The summed E-state index contributed by atoms with van der Waals surface area (Å²) in [6, 6.07) is 6.46. The van der Waals surface area contributed by atoms with Crippen molar-refractivity contribution in [3.05, 3.63) is 34.9 Å². The molecule has 92 valence electrons. The van der Waals surface area contributed by atoms with Crippen molar-refractivity contribution < 1.29 is 9.90 Å². The van der Waals surface area contributed by atoms with Crippen LogP contribution in [-0.4, -0.2) is 11.1 Å². The number of carboxylic acids is 1. The van der Waals surface area contributed by atoms with Gasteiger partial charge in [-0.3, -0.25) is 4.79 Å². The molecule has 0 amide bonds. The second-order valence-electron chi connectivity index (χ2n) is 6.06. The molecule has 1 aliphatic rings. The highest BCUT2D eigenvalue weighted by Gasteiger charge is 2.28. The van der Waals surface area contributed by atoms with Crippen LogP contribution in [0, 0.1) is 11.3 Å². The van der Waals surface area contributed by atoms with E-state index in [1.54, 1.807) is 6.92 Å². The smallest absolute Gasteiger partial charge is 0.306 e. The molecule has 0 radical (unpaired) electrons. The molecular formula is C15H20O2. The maximum absolute atomic E-state index is 10.8. The summed E-state index contributed by atoms with van der Waals surface area (Å²) in [5, 5.41) is 8.92. The van der Waals surface area contributed by atoms with Crippen molar-refractivity contribution in [1.82, 2.24) is 0 Å². The Morgan fingerprint density at radius 2 is 2.00 bits per heavy atom. The second kappa shape index (κ2) is 4.17. The fourth-order valence-corrected chi connectivity index (χ4v) is 2.68. The summed E-state index contributed by atoms with van der Waals surface area (Å²) < 4.78 is 0. The zero-order valence-electron chi connectivity index (χ0n) is 10.8. The highest BCUT2D eigenvalue weighted by atomic mass is 16.4. The van der Waals surface area contributed by atoms with Gasteiger partial charge in [-0.1, -0.05) is 39.0 Å². The maximum Gasteiger partial charge on any atom is 0.306 e. The van der Waals surface area contributed by atoms with Crippen LogP contribution in [0.3, 0.4) is 0 Å². The SMILES string of the molecule is CC(Cc1ccc2c(c1)CC(C)(C)C2)C(=O)O. The van der Waals surface area contributed by atoms with Crippen LogP contribution in [0.2, 0.25) is 0 Å². The first-order valence-electron chi connectivity index (χ1n) is 6.21. The molecule has 0 saturated heterocycles. The van der Waals surface area contributed by atoms with Crippen LogP contribution >= 0.6 is 0 Å². The van der Waals surface area contributed by atoms with Gasteiger partial charge < -0.3 is 5.11 Å². The van der Waals surface area contributed by atoms with E-state index in [1.807, 2.05) is 0 Å². The fraction of sp³-hybridized carbons (Fsp3) is 0.533. The van der Waals surface area contributed by atoms with Crippen molar-refractivity contribution in [2.24, 2.45) is 11.3 Å². The number of hydrogen-bond donors (Lipinski definition) is 1. The highest BCUT2D eigenvalue weighted by Crippen LogP contribution is 2.36. The van der Waals surface area contributed by atoms with Crippen molar-refractivity contribution in [3.8, 4) is 0 Å². The molecule has 0 aliphatic heterocycles. The van der Waals surface area contributed by atoms with Gasteiger partial charge in [0.05, 0.1) is 5.92 Å². The van der Waals surface area contributed by atoms with Gasteiger partial charge in [0.1, 0.15) is 0 Å². The van der Waals surface area contributed by atoms with Crippen molar-refractivity contribution in [1.29, 1.82) is 0 Å². The summed E-state index contributed by atoms with van der Waals surface area (Å²) in [7, 11) is 0. The van der Waals surface area contributed by atoms with E-state index >= 15 is 0 Å². The number of carbonyl (C=O) groups is 1. The predicted octanol–water partition coefficient (Wildman–Crippen LogP) is 3.07. The predicted molar refractivity (Wildman–Crippen MR) is 68.1 cm³/mol. The van der Waals surface area contributed by atoms with Gasteiger partial charge in [0, 0.05) is 0 Å². The Morgan fingerprint density at radius 3 is 2.65 bits per heavy atom. The Bertz CT molecular complexity index is 446. The molecule has 0 fully saturated rings. The third-order valence-corrected chi connectivity index (χ3v) is 3.57. The van der Waals surface area contributed by atoms with Crippen LogP contribution in [0.25, 0.3) is 0 Å². The van der Waals surface area contributed by atoms with Crippen LogP contribution in [0.4, 0.5) is 0 Å². The third kappa shape index (κ3) is 2.68. The lowest BCUT2D eigenvalue weighted by molar-refractivity contribution is -0.141. The molecule has 1 N–H and O–H groups in total. The summed E-state index contributed by atoms with van der Waals surface area (Å²) >= 11 is 0. The normalized spacial score (nSPS) is 18.8. The number of hydrogen-bond acceptors (Lipinski definition) is 1. The standard InChI is InChI=1S/C15H20O2/c1-10(14(16)17)6-11-4-5-12-8-15(2,3)9-13(12)7-11/h4-5,7,10H,6,8-9H2,1-3H3,(H,16,17). The van der Waals surface area contributed by atoms with Crippen molar-refractivity contribution in [2.45, 2.75) is 40.0 Å². The molecule has 2 rings (SSSR count). The van der Waals surface area contributed by atoms with Gasteiger partial charge in [0.25, 0.3) is 0 Å². The van der Waals surface area contributed by atoms with Crippen molar-refractivity contribution >= 4 is 5.97 Å². The molecule has 0 bridgehead atoms. The number of carboxylic acid groups (broad SMARTS) is 1. The minimum atomic E-state index is -0.717. The molecule has 2 heteroatoms. The van der Waals surface area contributed by atoms with Crippen molar-refractivity contribution in [2.75, 3.05) is 0 Å². The molecule has 1 aromatic carbocycles. The Labute approximate surface area is 103 Å². The van der Waals surface area contributed by atoms with Gasteiger partial charge in [0.15, 0.2) is 0 Å². The monoisotopic (exact) mass is 232 g/mol. The summed E-state index contributed by atoms with van der Waals surface area (Å²) in [4.78, 5) is 10.8. The average molecular weight is 232 g/mol. The van der Waals surface area contributed by atoms with Gasteiger partial charge in [-0.15, -0.1) is 0 Å². The number of benzene rings is 1. The summed E-state index contributed by atoms with van der Waals surface area (Å²) in [5.74, 6) is -1.02. The van der Waals surface area contributed by atoms with Crippen LogP contribution in [0.5, 0.6) is 0 Å². The van der Waals surface area contributed by atoms with Gasteiger partial charge in [-0.2, -0.15) is 0 Å². The average Bonchev–Trinajstić information content (AvgIpc) is 2.50. The van der Waals surface area contributed by atoms with Gasteiger partial charge in [0.2, 0.25) is 0 Å². The van der Waals surface area contributed by atoms with Gasteiger partial charge >= 0.3 is 5.97 Å². The lowest BCUT2D eigenvalue weighted by Gasteiger charge is -2.14. The Hall–Kier alpha value is -1.31. The quantitative estimate of drug-likeness (QED) is 0.869. The summed E-state index contributed by atoms with van der Waals surface area (Å²) in [6.07, 6.45) is 2.87. The van der Waals surface area contributed by atoms with E-state index in [0.717, 1.165) is 18.4 Å². The minimum Gasteiger partial charge on any atom is -0.481 e. The van der Waals surface area contributed by atoms with Crippen LogP contribution in [0.15, 0.2) is 18.2 Å². The second-order valence-corrected chi connectivity index (χ2v) is 6.06. The van der Waals surface area contributed by atoms with E-state index in [-0.39, 0.29) is 5.92 Å². The molecule has 1 atom stereocenters. The maximum atomic E-state index is 10.8. The van der Waals surface area contributed by atoms with E-state index in [9.17, 15) is 4.79 Å². The molecule has 1 unspecified atom stereocenters. The lowest BCUT2D eigenvalue weighted by atomic mass is 9.90. The van der Waals surface area contributed by atoms with E-state index in [4.69, 9.17) is 5.11 Å². The minimum absolute atomic E-state index is 0.303.